The summed E-state index contributed by atoms with van der Waals surface area (Å²) >= 11 is 8.46. The SMILES string of the molecule is CCC(Oc1ccc(Br)cc1C(C)C)C(N)=S. The van der Waals surface area contributed by atoms with Gasteiger partial charge in [-0.25, -0.2) is 0 Å². The molecule has 1 rings (SSSR count). The van der Waals surface area contributed by atoms with Gasteiger partial charge in [-0.15, -0.1) is 0 Å². The molecule has 1 aromatic rings. The smallest absolute Gasteiger partial charge is 0.148 e. The highest BCUT2D eigenvalue weighted by atomic mass is 79.9. The highest BCUT2D eigenvalue weighted by Gasteiger charge is 2.15. The lowest BCUT2D eigenvalue weighted by molar-refractivity contribution is 0.260. The van der Waals surface area contributed by atoms with E-state index in [-0.39, 0.29) is 6.10 Å². The van der Waals surface area contributed by atoms with Gasteiger partial charge in [-0.1, -0.05) is 48.9 Å². The maximum absolute atomic E-state index is 5.89. The summed E-state index contributed by atoms with van der Waals surface area (Å²) in [6.07, 6.45) is 0.590. The molecule has 2 nitrogen and oxygen atoms in total. The normalized spacial score (nSPS) is 12.5. The van der Waals surface area contributed by atoms with Gasteiger partial charge in [0.2, 0.25) is 0 Å². The lowest BCUT2D eigenvalue weighted by Crippen LogP contribution is -2.31. The monoisotopic (exact) mass is 315 g/mol. The van der Waals surface area contributed by atoms with Crippen LogP contribution in [0.15, 0.2) is 22.7 Å². The summed E-state index contributed by atoms with van der Waals surface area (Å²) in [4.78, 5) is 0.408. The van der Waals surface area contributed by atoms with Crippen molar-refractivity contribution in [3.8, 4) is 5.75 Å². The Labute approximate surface area is 117 Å². The Bertz CT molecular complexity index is 406. The van der Waals surface area contributed by atoms with Gasteiger partial charge in [-0.2, -0.15) is 0 Å². The van der Waals surface area contributed by atoms with Crippen LogP contribution in [0.1, 0.15) is 38.7 Å². The summed E-state index contributed by atoms with van der Waals surface area (Å²) in [7, 11) is 0. The number of ether oxygens (including phenoxy) is 1. The minimum atomic E-state index is -0.191. The van der Waals surface area contributed by atoms with Crippen LogP contribution in [-0.4, -0.2) is 11.1 Å². The zero-order valence-electron chi connectivity index (χ0n) is 10.4. The molecule has 0 spiro atoms. The van der Waals surface area contributed by atoms with E-state index in [9.17, 15) is 0 Å². The molecule has 17 heavy (non-hydrogen) atoms. The average Bonchev–Trinajstić information content (AvgIpc) is 2.26. The Morgan fingerprint density at radius 1 is 1.47 bits per heavy atom. The zero-order valence-corrected chi connectivity index (χ0v) is 12.8. The molecule has 0 amide bonds. The van der Waals surface area contributed by atoms with E-state index >= 15 is 0 Å². The Morgan fingerprint density at radius 3 is 2.59 bits per heavy atom. The molecule has 0 bridgehead atoms. The second kappa shape index (κ2) is 6.36. The first-order valence-electron chi connectivity index (χ1n) is 5.71. The summed E-state index contributed by atoms with van der Waals surface area (Å²) in [6.45, 7) is 6.28. The van der Waals surface area contributed by atoms with Crippen molar-refractivity contribution in [2.45, 2.75) is 39.2 Å². The van der Waals surface area contributed by atoms with Gasteiger partial charge >= 0.3 is 0 Å². The fourth-order valence-electron chi connectivity index (χ4n) is 1.57. The number of hydrogen-bond acceptors (Lipinski definition) is 2. The summed E-state index contributed by atoms with van der Waals surface area (Å²) in [6, 6.07) is 6.00. The largest absolute Gasteiger partial charge is 0.483 e. The van der Waals surface area contributed by atoms with E-state index in [1.807, 2.05) is 19.1 Å². The van der Waals surface area contributed by atoms with Gasteiger partial charge in [0.1, 0.15) is 16.8 Å². The van der Waals surface area contributed by atoms with Crippen LogP contribution >= 0.6 is 28.1 Å². The first kappa shape index (κ1) is 14.5. The summed E-state index contributed by atoms with van der Waals surface area (Å²) in [5, 5.41) is 0. The number of nitrogens with two attached hydrogens (primary N) is 1. The molecule has 0 radical (unpaired) electrons. The van der Waals surface area contributed by atoms with Gasteiger partial charge < -0.3 is 10.5 Å². The van der Waals surface area contributed by atoms with Crippen molar-refractivity contribution in [3.63, 3.8) is 0 Å². The topological polar surface area (TPSA) is 35.2 Å². The predicted molar refractivity (Wildman–Crippen MR) is 79.7 cm³/mol. The van der Waals surface area contributed by atoms with E-state index in [4.69, 9.17) is 22.7 Å². The molecule has 0 saturated carbocycles. The Hall–Kier alpha value is -0.610. The van der Waals surface area contributed by atoms with E-state index in [1.54, 1.807) is 0 Å². The lowest BCUT2D eigenvalue weighted by Gasteiger charge is -2.20. The molecule has 0 aromatic heterocycles. The van der Waals surface area contributed by atoms with E-state index in [2.05, 4.69) is 35.8 Å². The third kappa shape index (κ3) is 3.96. The van der Waals surface area contributed by atoms with Gasteiger partial charge in [0, 0.05) is 4.47 Å². The van der Waals surface area contributed by atoms with Crippen LogP contribution in [0.4, 0.5) is 0 Å². The lowest BCUT2D eigenvalue weighted by atomic mass is 10.0. The maximum Gasteiger partial charge on any atom is 0.148 e. The highest BCUT2D eigenvalue weighted by Crippen LogP contribution is 2.30. The molecule has 0 aliphatic carbocycles. The second-order valence-corrected chi connectivity index (χ2v) is 5.64. The molecule has 1 atom stereocenters. The fraction of sp³-hybridized carbons (Fsp3) is 0.462. The molecular formula is C13H18BrNOS. The fourth-order valence-corrected chi connectivity index (χ4v) is 2.17. The highest BCUT2D eigenvalue weighted by molar-refractivity contribution is 9.10. The van der Waals surface area contributed by atoms with Crippen molar-refractivity contribution >= 4 is 33.1 Å². The molecule has 0 heterocycles. The Morgan fingerprint density at radius 2 is 2.12 bits per heavy atom. The first-order valence-corrected chi connectivity index (χ1v) is 6.91. The van der Waals surface area contributed by atoms with E-state index in [0.717, 1.165) is 22.2 Å². The quantitative estimate of drug-likeness (QED) is 0.834. The van der Waals surface area contributed by atoms with Crippen molar-refractivity contribution in [1.82, 2.24) is 0 Å². The van der Waals surface area contributed by atoms with E-state index < -0.39 is 0 Å². The summed E-state index contributed by atoms with van der Waals surface area (Å²) in [5.74, 6) is 1.26. The molecular weight excluding hydrogens is 298 g/mol. The molecule has 0 aliphatic heterocycles. The van der Waals surface area contributed by atoms with Crippen molar-refractivity contribution in [2.24, 2.45) is 5.73 Å². The van der Waals surface area contributed by atoms with Gasteiger partial charge in [-0.3, -0.25) is 0 Å². The molecule has 0 saturated heterocycles. The Balaban J connectivity index is 3.01. The van der Waals surface area contributed by atoms with Crippen LogP contribution in [0.2, 0.25) is 0 Å². The maximum atomic E-state index is 5.89. The van der Waals surface area contributed by atoms with Crippen LogP contribution in [0.5, 0.6) is 5.75 Å². The molecule has 0 aliphatic rings. The van der Waals surface area contributed by atoms with Crippen LogP contribution in [-0.2, 0) is 0 Å². The molecule has 2 N–H and O–H groups in total. The number of thiocarbonyl (C=S) groups is 1. The van der Waals surface area contributed by atoms with Gasteiger partial charge in [0.25, 0.3) is 0 Å². The van der Waals surface area contributed by atoms with Crippen molar-refractivity contribution < 1.29 is 4.74 Å². The zero-order chi connectivity index (χ0) is 13.0. The van der Waals surface area contributed by atoms with Crippen molar-refractivity contribution in [3.05, 3.63) is 28.2 Å². The van der Waals surface area contributed by atoms with Crippen LogP contribution in [0.3, 0.4) is 0 Å². The molecule has 1 unspecified atom stereocenters. The number of benzene rings is 1. The van der Waals surface area contributed by atoms with Gasteiger partial charge in [0.05, 0.1) is 0 Å². The number of rotatable bonds is 5. The van der Waals surface area contributed by atoms with E-state index in [1.165, 1.54) is 0 Å². The Kier molecular flexibility index (Phi) is 5.40. The molecule has 94 valence electrons. The molecule has 4 heteroatoms. The van der Waals surface area contributed by atoms with Crippen molar-refractivity contribution in [2.75, 3.05) is 0 Å². The standard InChI is InChI=1S/C13H18BrNOS/c1-4-11(13(15)17)16-12-6-5-9(14)7-10(12)8(2)3/h5-8,11H,4H2,1-3H3,(H2,15,17). The molecule has 0 fully saturated rings. The predicted octanol–water partition coefficient (Wildman–Crippen LogP) is 4.02. The second-order valence-electron chi connectivity index (χ2n) is 4.25. The average molecular weight is 316 g/mol. The van der Waals surface area contributed by atoms with Crippen molar-refractivity contribution in [1.29, 1.82) is 0 Å². The summed E-state index contributed by atoms with van der Waals surface area (Å²) < 4.78 is 6.94. The van der Waals surface area contributed by atoms with Crippen LogP contribution in [0.25, 0.3) is 0 Å². The van der Waals surface area contributed by atoms with Gasteiger partial charge in [-0.05, 0) is 36.1 Å². The molecule has 1 aromatic carbocycles. The van der Waals surface area contributed by atoms with Crippen LogP contribution in [0, 0.1) is 0 Å². The van der Waals surface area contributed by atoms with Gasteiger partial charge in [0.15, 0.2) is 0 Å². The van der Waals surface area contributed by atoms with E-state index in [0.29, 0.717) is 10.9 Å². The first-order chi connectivity index (χ1) is 7.95. The number of hydrogen-bond donors (Lipinski definition) is 1. The van der Waals surface area contributed by atoms with Crippen LogP contribution < -0.4 is 10.5 Å². The number of halogens is 1. The minimum Gasteiger partial charge on any atom is -0.483 e. The summed E-state index contributed by atoms with van der Waals surface area (Å²) in [5.41, 5.74) is 6.81. The third-order valence-corrected chi connectivity index (χ3v) is 3.31. The minimum absolute atomic E-state index is 0.191. The third-order valence-electron chi connectivity index (χ3n) is 2.55.